The summed E-state index contributed by atoms with van der Waals surface area (Å²) in [7, 11) is 0. The molecule has 1 fully saturated rings. The van der Waals surface area contributed by atoms with Crippen LogP contribution in [0.5, 0.6) is 0 Å². The minimum absolute atomic E-state index is 0.730. The molecule has 1 saturated heterocycles. The zero-order valence-electron chi connectivity index (χ0n) is 12.8. The van der Waals surface area contributed by atoms with Crippen molar-refractivity contribution in [3.05, 3.63) is 36.2 Å². The molecule has 1 aliphatic heterocycles. The van der Waals surface area contributed by atoms with E-state index in [0.29, 0.717) is 0 Å². The Labute approximate surface area is 126 Å². The Balaban J connectivity index is 1.57. The summed E-state index contributed by atoms with van der Waals surface area (Å²) < 4.78 is 2.29. The van der Waals surface area contributed by atoms with Crippen LogP contribution in [0, 0.1) is 5.92 Å². The number of imidazole rings is 1. The topological polar surface area (TPSA) is 49.7 Å². The van der Waals surface area contributed by atoms with Crippen LogP contribution < -0.4 is 0 Å². The number of nitrogens with one attached hydrogen (secondary N) is 1. The van der Waals surface area contributed by atoms with E-state index in [1.165, 1.54) is 30.9 Å². The highest BCUT2D eigenvalue weighted by Gasteiger charge is 2.21. The van der Waals surface area contributed by atoms with Gasteiger partial charge in [0.2, 0.25) is 0 Å². The third-order valence-electron chi connectivity index (χ3n) is 4.30. The van der Waals surface area contributed by atoms with Gasteiger partial charge in [0.1, 0.15) is 5.82 Å². The van der Waals surface area contributed by atoms with Crippen LogP contribution >= 0.6 is 0 Å². The average Bonchev–Trinajstić information content (AvgIpc) is 3.13. The van der Waals surface area contributed by atoms with Crippen LogP contribution in [0.15, 0.2) is 24.7 Å². The SMILES string of the molecule is CCCn1ccnc1CN1CCC[C@@H](Cc2ccn[nH]2)C1. The van der Waals surface area contributed by atoms with Gasteiger partial charge < -0.3 is 4.57 Å². The Bertz CT molecular complexity index is 531. The van der Waals surface area contributed by atoms with Crippen LogP contribution in [-0.4, -0.2) is 37.7 Å². The van der Waals surface area contributed by atoms with Gasteiger partial charge in [0.15, 0.2) is 0 Å². The molecule has 1 N–H and O–H groups in total. The van der Waals surface area contributed by atoms with Gasteiger partial charge in [0.05, 0.1) is 6.54 Å². The van der Waals surface area contributed by atoms with Crippen molar-refractivity contribution in [2.24, 2.45) is 5.92 Å². The van der Waals surface area contributed by atoms with E-state index in [0.717, 1.165) is 38.4 Å². The zero-order valence-corrected chi connectivity index (χ0v) is 12.8. The van der Waals surface area contributed by atoms with Crippen molar-refractivity contribution in [1.29, 1.82) is 0 Å². The van der Waals surface area contributed by atoms with Crippen LogP contribution in [-0.2, 0) is 19.5 Å². The van der Waals surface area contributed by atoms with Crippen LogP contribution in [0.3, 0.4) is 0 Å². The molecule has 5 heteroatoms. The van der Waals surface area contributed by atoms with E-state index in [4.69, 9.17) is 0 Å². The summed E-state index contributed by atoms with van der Waals surface area (Å²) in [4.78, 5) is 7.09. The fourth-order valence-electron chi connectivity index (χ4n) is 3.31. The maximum absolute atomic E-state index is 4.53. The van der Waals surface area contributed by atoms with Crippen molar-refractivity contribution in [3.63, 3.8) is 0 Å². The summed E-state index contributed by atoms with van der Waals surface area (Å²) in [6.45, 7) is 6.62. The number of H-pyrrole nitrogens is 1. The molecule has 1 aliphatic rings. The standard InChI is InChI=1S/C16H25N5/c1-2-8-21-10-7-17-16(21)13-20-9-3-4-14(12-20)11-15-5-6-18-19-15/h5-7,10,14H,2-4,8-9,11-13H2,1H3,(H,18,19)/t14-/m0/s1. The highest BCUT2D eigenvalue weighted by molar-refractivity contribution is 5.00. The number of aromatic amines is 1. The maximum Gasteiger partial charge on any atom is 0.122 e. The molecule has 0 aromatic carbocycles. The van der Waals surface area contributed by atoms with Gasteiger partial charge in [-0.1, -0.05) is 6.92 Å². The van der Waals surface area contributed by atoms with E-state index in [2.05, 4.69) is 43.8 Å². The predicted octanol–water partition coefficient (Wildman–Crippen LogP) is 2.47. The monoisotopic (exact) mass is 287 g/mol. The molecule has 2 aromatic rings. The molecule has 0 aliphatic carbocycles. The summed E-state index contributed by atoms with van der Waals surface area (Å²) in [6.07, 6.45) is 10.7. The molecule has 0 saturated carbocycles. The number of nitrogens with zero attached hydrogens (tertiary/aromatic N) is 4. The normalized spacial score (nSPS) is 20.0. The summed E-state index contributed by atoms with van der Waals surface area (Å²) in [5, 5.41) is 7.13. The first kappa shape index (κ1) is 14.3. The first-order valence-electron chi connectivity index (χ1n) is 8.05. The van der Waals surface area contributed by atoms with Crippen molar-refractivity contribution >= 4 is 0 Å². The van der Waals surface area contributed by atoms with Crippen molar-refractivity contribution in [1.82, 2.24) is 24.6 Å². The summed E-state index contributed by atoms with van der Waals surface area (Å²) in [5.74, 6) is 1.94. The third-order valence-corrected chi connectivity index (χ3v) is 4.30. The van der Waals surface area contributed by atoms with Gasteiger partial charge in [-0.25, -0.2) is 4.98 Å². The van der Waals surface area contributed by atoms with Crippen molar-refractivity contribution in [2.75, 3.05) is 13.1 Å². The minimum atomic E-state index is 0.730. The fraction of sp³-hybridized carbons (Fsp3) is 0.625. The first-order chi connectivity index (χ1) is 10.3. The molecular weight excluding hydrogens is 262 g/mol. The lowest BCUT2D eigenvalue weighted by atomic mass is 9.93. The number of likely N-dealkylation sites (tertiary alicyclic amines) is 1. The molecule has 3 heterocycles. The number of aryl methyl sites for hydroxylation is 1. The Hall–Kier alpha value is -1.62. The Morgan fingerprint density at radius 3 is 3.14 bits per heavy atom. The maximum atomic E-state index is 4.53. The minimum Gasteiger partial charge on any atom is -0.334 e. The molecule has 1 atom stereocenters. The number of rotatable bonds is 6. The van der Waals surface area contributed by atoms with E-state index in [9.17, 15) is 0 Å². The number of hydrogen-bond donors (Lipinski definition) is 1. The Morgan fingerprint density at radius 1 is 1.38 bits per heavy atom. The molecule has 0 spiro atoms. The van der Waals surface area contributed by atoms with E-state index >= 15 is 0 Å². The summed E-state index contributed by atoms with van der Waals surface area (Å²) >= 11 is 0. The van der Waals surface area contributed by atoms with Gasteiger partial charge in [0, 0.05) is 37.4 Å². The van der Waals surface area contributed by atoms with E-state index in [-0.39, 0.29) is 0 Å². The zero-order chi connectivity index (χ0) is 14.5. The van der Waals surface area contributed by atoms with E-state index in [1.807, 2.05) is 12.4 Å². The van der Waals surface area contributed by atoms with Crippen LogP contribution in [0.2, 0.25) is 0 Å². The molecule has 0 bridgehead atoms. The third kappa shape index (κ3) is 3.73. The van der Waals surface area contributed by atoms with E-state index < -0.39 is 0 Å². The summed E-state index contributed by atoms with van der Waals surface area (Å²) in [6, 6.07) is 2.09. The number of aromatic nitrogens is 4. The second kappa shape index (κ2) is 6.89. The summed E-state index contributed by atoms with van der Waals surface area (Å²) in [5.41, 5.74) is 1.26. The van der Waals surface area contributed by atoms with Crippen molar-refractivity contribution in [3.8, 4) is 0 Å². The van der Waals surface area contributed by atoms with Crippen LogP contribution in [0.4, 0.5) is 0 Å². The van der Waals surface area contributed by atoms with Gasteiger partial charge in [-0.3, -0.25) is 10.00 Å². The molecule has 21 heavy (non-hydrogen) atoms. The molecule has 2 aromatic heterocycles. The largest absolute Gasteiger partial charge is 0.334 e. The second-order valence-corrected chi connectivity index (χ2v) is 6.07. The Kier molecular flexibility index (Phi) is 4.70. The molecular formula is C16H25N5. The molecule has 3 rings (SSSR count). The second-order valence-electron chi connectivity index (χ2n) is 6.07. The predicted molar refractivity (Wildman–Crippen MR) is 82.8 cm³/mol. The van der Waals surface area contributed by atoms with Gasteiger partial charge >= 0.3 is 0 Å². The smallest absolute Gasteiger partial charge is 0.122 e. The van der Waals surface area contributed by atoms with Crippen LogP contribution in [0.1, 0.15) is 37.7 Å². The van der Waals surface area contributed by atoms with Gasteiger partial charge in [-0.15, -0.1) is 0 Å². The number of hydrogen-bond acceptors (Lipinski definition) is 3. The lowest BCUT2D eigenvalue weighted by Gasteiger charge is -2.32. The van der Waals surface area contributed by atoms with Gasteiger partial charge in [0.25, 0.3) is 0 Å². The lowest BCUT2D eigenvalue weighted by molar-refractivity contribution is 0.161. The van der Waals surface area contributed by atoms with Crippen LogP contribution in [0.25, 0.3) is 0 Å². The first-order valence-corrected chi connectivity index (χ1v) is 8.05. The quantitative estimate of drug-likeness (QED) is 0.888. The molecule has 5 nitrogen and oxygen atoms in total. The van der Waals surface area contributed by atoms with E-state index in [1.54, 1.807) is 0 Å². The molecule has 0 unspecified atom stereocenters. The molecule has 0 radical (unpaired) electrons. The lowest BCUT2D eigenvalue weighted by Crippen LogP contribution is -2.36. The molecule has 0 amide bonds. The van der Waals surface area contributed by atoms with Gasteiger partial charge in [-0.05, 0) is 44.2 Å². The van der Waals surface area contributed by atoms with Crippen molar-refractivity contribution in [2.45, 2.75) is 45.7 Å². The fourth-order valence-corrected chi connectivity index (χ4v) is 3.31. The average molecular weight is 287 g/mol. The Morgan fingerprint density at radius 2 is 2.33 bits per heavy atom. The van der Waals surface area contributed by atoms with Crippen molar-refractivity contribution < 1.29 is 0 Å². The molecule has 114 valence electrons. The van der Waals surface area contributed by atoms with Gasteiger partial charge in [-0.2, -0.15) is 5.10 Å². The number of piperidine rings is 1. The highest BCUT2D eigenvalue weighted by Crippen LogP contribution is 2.21. The highest BCUT2D eigenvalue weighted by atomic mass is 15.2.